The predicted octanol–water partition coefficient (Wildman–Crippen LogP) is -0.553. The van der Waals surface area contributed by atoms with E-state index in [0.717, 1.165) is 6.07 Å². The second-order valence-corrected chi connectivity index (χ2v) is 5.25. The van der Waals surface area contributed by atoms with Gasteiger partial charge in [-0.15, -0.1) is 0 Å². The molecular weight excluding hydrogens is 372 g/mol. The van der Waals surface area contributed by atoms with Crippen molar-refractivity contribution < 1.29 is 59.0 Å². The third-order valence-corrected chi connectivity index (χ3v) is 3.15. The van der Waals surface area contributed by atoms with Gasteiger partial charge in [0, 0.05) is 0 Å². The molecule has 12 nitrogen and oxygen atoms in total. The largest absolute Gasteiger partial charge is 0.481 e. The molecule has 0 aliphatic rings. The number of ether oxygens (including phenoxy) is 1. The average molecular weight is 384 g/mol. The summed E-state index contributed by atoms with van der Waals surface area (Å²) in [6.07, 6.45) is -2.76. The smallest absolute Gasteiger partial charge is 0.345 e. The Morgan fingerprint density at radius 3 is 1.59 bits per heavy atom. The highest BCUT2D eigenvalue weighted by Crippen LogP contribution is 2.18. The molecule has 1 aromatic carbocycles. The molecule has 1 rings (SSSR count). The number of carbonyl (C=O) groups is 6. The molecule has 0 heterocycles. The summed E-state index contributed by atoms with van der Waals surface area (Å²) in [6.45, 7) is 0. The highest BCUT2D eigenvalue weighted by molar-refractivity contribution is 6.02. The van der Waals surface area contributed by atoms with Crippen LogP contribution in [0.2, 0.25) is 0 Å². The summed E-state index contributed by atoms with van der Waals surface area (Å²) in [7, 11) is 0. The second kappa shape index (κ2) is 8.05. The van der Waals surface area contributed by atoms with E-state index in [2.05, 4.69) is 4.74 Å². The Kier molecular flexibility index (Phi) is 6.34. The zero-order valence-corrected chi connectivity index (χ0v) is 13.2. The van der Waals surface area contributed by atoms with E-state index < -0.39 is 70.9 Å². The van der Waals surface area contributed by atoms with E-state index >= 15 is 0 Å². The summed E-state index contributed by atoms with van der Waals surface area (Å²) in [4.78, 5) is 67.1. The van der Waals surface area contributed by atoms with E-state index in [1.54, 1.807) is 0 Å². The molecule has 0 fully saturated rings. The zero-order chi connectivity index (χ0) is 20.9. The summed E-state index contributed by atoms with van der Waals surface area (Å²) in [6, 6.07) is 2.18. The van der Waals surface area contributed by atoms with Crippen LogP contribution in [-0.4, -0.2) is 66.9 Å². The lowest BCUT2D eigenvalue weighted by Crippen LogP contribution is -2.43. The van der Waals surface area contributed by atoms with Gasteiger partial charge in [0.05, 0.1) is 29.5 Å². The maximum Gasteiger partial charge on any atom is 0.345 e. The van der Waals surface area contributed by atoms with Crippen LogP contribution in [0.4, 0.5) is 0 Å². The van der Waals surface area contributed by atoms with Gasteiger partial charge in [-0.05, 0) is 18.2 Å². The second-order valence-electron chi connectivity index (χ2n) is 5.25. The molecule has 1 aromatic rings. The first-order valence-electron chi connectivity index (χ1n) is 6.90. The first kappa shape index (κ1) is 21.2. The molecule has 5 N–H and O–H groups in total. The Morgan fingerprint density at radius 1 is 0.778 bits per heavy atom. The molecule has 0 radical (unpaired) electrons. The molecule has 27 heavy (non-hydrogen) atoms. The molecule has 12 heteroatoms. The highest BCUT2D eigenvalue weighted by atomic mass is 16.6. The Labute approximate surface area is 149 Å². The fourth-order valence-corrected chi connectivity index (χ4v) is 1.89. The fraction of sp³-hybridized carbons (Fsp3) is 0.200. The first-order valence-corrected chi connectivity index (χ1v) is 6.90. The number of benzene rings is 1. The van der Waals surface area contributed by atoms with Gasteiger partial charge in [-0.2, -0.15) is 0 Å². The van der Waals surface area contributed by atoms with Crippen LogP contribution in [0.5, 0.6) is 0 Å². The fourth-order valence-electron chi connectivity index (χ4n) is 1.89. The number of carbonyl (C=O) groups excluding carboxylic acids is 2. The van der Waals surface area contributed by atoms with Crippen LogP contribution in [0.25, 0.3) is 0 Å². The number of esters is 2. The van der Waals surface area contributed by atoms with E-state index in [0.29, 0.717) is 12.1 Å². The molecule has 0 aromatic heterocycles. The monoisotopic (exact) mass is 384 g/mol. The highest BCUT2D eigenvalue weighted by Gasteiger charge is 2.42. The quantitative estimate of drug-likeness (QED) is 0.282. The van der Waals surface area contributed by atoms with E-state index in [1.165, 1.54) is 0 Å². The van der Waals surface area contributed by atoms with E-state index in [-0.39, 0.29) is 0 Å². The lowest BCUT2D eigenvalue weighted by atomic mass is 9.96. The number of aliphatic hydroxyl groups is 1. The number of rotatable bonds is 8. The van der Waals surface area contributed by atoms with Gasteiger partial charge in [0.1, 0.15) is 0 Å². The van der Waals surface area contributed by atoms with Crippen molar-refractivity contribution in [3.05, 3.63) is 34.9 Å². The molecule has 0 amide bonds. The third kappa shape index (κ3) is 5.61. The number of carboxylic acids is 4. The van der Waals surface area contributed by atoms with Gasteiger partial charge < -0.3 is 30.3 Å². The number of aromatic carboxylic acids is 2. The summed E-state index contributed by atoms with van der Waals surface area (Å²) in [5.74, 6) is -10.1. The number of hydrogen-bond donors (Lipinski definition) is 5. The maximum absolute atomic E-state index is 11.9. The summed E-state index contributed by atoms with van der Waals surface area (Å²) in [5, 5.41) is 44.9. The molecule has 0 aliphatic carbocycles. The summed E-state index contributed by atoms with van der Waals surface area (Å²) < 4.78 is 4.25. The van der Waals surface area contributed by atoms with Crippen molar-refractivity contribution in [2.45, 2.75) is 18.4 Å². The lowest BCUT2D eigenvalue weighted by Gasteiger charge is -2.19. The predicted molar refractivity (Wildman–Crippen MR) is 80.2 cm³/mol. The minimum absolute atomic E-state index is 0.595. The standard InChI is InChI=1S/C15H12O12/c16-9(17)4-15(26,14(24)25)5-10(18)27-13(23)8-2-6(11(19)20)1-7(3-8)12(21)22/h1-3,26H,4-5H2,(H,16,17)(H,19,20)(H,21,22)(H,24,25). The lowest BCUT2D eigenvalue weighted by molar-refractivity contribution is -0.170. The Morgan fingerprint density at radius 2 is 1.22 bits per heavy atom. The van der Waals surface area contributed by atoms with Gasteiger partial charge in [-0.3, -0.25) is 9.59 Å². The van der Waals surface area contributed by atoms with Gasteiger partial charge in [-0.1, -0.05) is 0 Å². The van der Waals surface area contributed by atoms with Gasteiger partial charge in [0.15, 0.2) is 5.60 Å². The minimum Gasteiger partial charge on any atom is -0.481 e. The van der Waals surface area contributed by atoms with Gasteiger partial charge in [0.25, 0.3) is 0 Å². The van der Waals surface area contributed by atoms with Crippen molar-refractivity contribution in [2.24, 2.45) is 0 Å². The van der Waals surface area contributed by atoms with Gasteiger partial charge in [-0.25, -0.2) is 19.2 Å². The molecule has 0 aliphatic heterocycles. The van der Waals surface area contributed by atoms with Crippen LogP contribution in [0.3, 0.4) is 0 Å². The van der Waals surface area contributed by atoms with Gasteiger partial charge in [0.2, 0.25) is 0 Å². The molecular formula is C15H12O12. The molecule has 1 unspecified atom stereocenters. The Bertz CT molecular complexity index is 807. The van der Waals surface area contributed by atoms with Crippen LogP contribution in [0.1, 0.15) is 43.9 Å². The van der Waals surface area contributed by atoms with Crippen LogP contribution in [-0.2, 0) is 19.1 Å². The number of hydrogen-bond acceptors (Lipinski definition) is 8. The molecule has 0 spiro atoms. The topological polar surface area (TPSA) is 213 Å². The molecule has 1 atom stereocenters. The molecule has 0 saturated carbocycles. The zero-order valence-electron chi connectivity index (χ0n) is 13.2. The molecule has 0 bridgehead atoms. The van der Waals surface area contributed by atoms with Crippen LogP contribution < -0.4 is 0 Å². The van der Waals surface area contributed by atoms with Crippen LogP contribution in [0.15, 0.2) is 18.2 Å². The van der Waals surface area contributed by atoms with E-state index in [1.807, 2.05) is 0 Å². The number of aliphatic carboxylic acids is 2. The van der Waals surface area contributed by atoms with Crippen LogP contribution >= 0.6 is 0 Å². The molecule has 144 valence electrons. The van der Waals surface area contributed by atoms with Crippen molar-refractivity contribution in [3.8, 4) is 0 Å². The van der Waals surface area contributed by atoms with Crippen LogP contribution in [0, 0.1) is 0 Å². The Balaban J connectivity index is 3.06. The van der Waals surface area contributed by atoms with E-state index in [4.69, 9.17) is 20.4 Å². The average Bonchev–Trinajstić information content (AvgIpc) is 2.52. The SMILES string of the molecule is O=C(O)CC(O)(CC(=O)OC(=O)c1cc(C(=O)O)cc(C(=O)O)c1)C(=O)O. The van der Waals surface area contributed by atoms with Crippen molar-refractivity contribution in [2.75, 3.05) is 0 Å². The number of carboxylic acid groups (broad SMARTS) is 4. The van der Waals surface area contributed by atoms with Crippen molar-refractivity contribution in [1.29, 1.82) is 0 Å². The summed E-state index contributed by atoms with van der Waals surface area (Å²) in [5.41, 5.74) is -4.87. The third-order valence-electron chi connectivity index (χ3n) is 3.15. The Hall–Kier alpha value is -3.80. The van der Waals surface area contributed by atoms with Gasteiger partial charge >= 0.3 is 35.8 Å². The van der Waals surface area contributed by atoms with Crippen molar-refractivity contribution >= 4 is 35.8 Å². The summed E-state index contributed by atoms with van der Waals surface area (Å²) >= 11 is 0. The van der Waals surface area contributed by atoms with E-state index in [9.17, 15) is 33.9 Å². The van der Waals surface area contributed by atoms with Crippen molar-refractivity contribution in [1.82, 2.24) is 0 Å². The normalized spacial score (nSPS) is 12.5. The minimum atomic E-state index is -3.04. The maximum atomic E-state index is 11.9. The van der Waals surface area contributed by atoms with Crippen molar-refractivity contribution in [3.63, 3.8) is 0 Å². The molecule has 0 saturated heterocycles. The first-order chi connectivity index (χ1) is 12.4.